The fraction of sp³-hybridized carbons (Fsp3) is 0.125. The number of amidine groups is 2. The first kappa shape index (κ1) is 18.6. The molecular weight excluding hydrogens is 396 g/mol. The molecule has 0 spiro atoms. The third-order valence-corrected chi connectivity index (χ3v) is 5.69. The van der Waals surface area contributed by atoms with Gasteiger partial charge < -0.3 is 5.32 Å². The average molecular weight is 415 g/mol. The Labute approximate surface area is 179 Å². The summed E-state index contributed by atoms with van der Waals surface area (Å²) in [7, 11) is 0. The van der Waals surface area contributed by atoms with Crippen LogP contribution < -0.4 is 5.32 Å². The van der Waals surface area contributed by atoms with Crippen molar-refractivity contribution in [2.75, 3.05) is 0 Å². The second-order valence-electron chi connectivity index (χ2n) is 7.43. The molecular formula is C24H19ClN4O. The Hall–Kier alpha value is -3.44. The molecule has 0 fully saturated rings. The van der Waals surface area contributed by atoms with E-state index in [1.807, 2.05) is 59.5 Å². The van der Waals surface area contributed by atoms with E-state index in [1.165, 1.54) is 0 Å². The van der Waals surface area contributed by atoms with Crippen LogP contribution in [0.3, 0.4) is 0 Å². The van der Waals surface area contributed by atoms with Crippen LogP contribution in [0.25, 0.3) is 0 Å². The van der Waals surface area contributed by atoms with Gasteiger partial charge in [-0.1, -0.05) is 66.2 Å². The van der Waals surface area contributed by atoms with E-state index in [4.69, 9.17) is 16.6 Å². The molecule has 148 valence electrons. The molecule has 6 heteroatoms. The highest BCUT2D eigenvalue weighted by molar-refractivity contribution is 6.30. The number of amides is 2. The Balaban J connectivity index is 1.74. The molecule has 30 heavy (non-hydrogen) atoms. The highest BCUT2D eigenvalue weighted by atomic mass is 35.5. The van der Waals surface area contributed by atoms with E-state index in [0.29, 0.717) is 10.9 Å². The van der Waals surface area contributed by atoms with Crippen LogP contribution in [0.15, 0.2) is 76.7 Å². The number of aryl methyl sites for hydroxylation is 2. The molecule has 2 heterocycles. The van der Waals surface area contributed by atoms with Crippen molar-refractivity contribution >= 4 is 35.0 Å². The first-order valence-electron chi connectivity index (χ1n) is 9.71. The first-order valence-corrected chi connectivity index (χ1v) is 10.1. The molecule has 1 unspecified atom stereocenters. The fourth-order valence-corrected chi connectivity index (χ4v) is 4.11. The highest BCUT2D eigenvalue weighted by Crippen LogP contribution is 2.36. The normalized spacial score (nSPS) is 18.7. The largest absolute Gasteiger partial charge is 0.344 e. The molecule has 1 atom stereocenters. The van der Waals surface area contributed by atoms with E-state index in [0.717, 1.165) is 39.3 Å². The number of aliphatic imine (C=N–C) groups is 2. The molecule has 2 aliphatic heterocycles. The maximum Gasteiger partial charge on any atom is 0.344 e. The monoisotopic (exact) mass is 414 g/mol. The summed E-state index contributed by atoms with van der Waals surface area (Å²) >= 11 is 6.09. The summed E-state index contributed by atoms with van der Waals surface area (Å²) in [6, 6.07) is 21.2. The van der Waals surface area contributed by atoms with Crippen molar-refractivity contribution in [2.24, 2.45) is 9.98 Å². The molecule has 0 bridgehead atoms. The van der Waals surface area contributed by atoms with E-state index in [2.05, 4.69) is 36.3 Å². The molecule has 2 aliphatic rings. The van der Waals surface area contributed by atoms with Gasteiger partial charge in [-0.2, -0.15) is 4.99 Å². The standard InChI is InChI=1S/C24H19ClN4O/c1-14-6-5-7-15(2)20(14)26-22-18-8-3-4-9-19(18)23-28-24(30)27-21(29(22)23)16-10-12-17(25)13-11-16/h3-13,21H,1-2H3,(H,27,30). The number of carbonyl (C=O) groups is 1. The summed E-state index contributed by atoms with van der Waals surface area (Å²) in [4.78, 5) is 23.8. The second kappa shape index (κ2) is 7.11. The Morgan fingerprint density at radius 2 is 1.60 bits per heavy atom. The van der Waals surface area contributed by atoms with Gasteiger partial charge in [0, 0.05) is 16.1 Å². The zero-order valence-electron chi connectivity index (χ0n) is 16.6. The lowest BCUT2D eigenvalue weighted by atomic mass is 10.1. The smallest absolute Gasteiger partial charge is 0.311 e. The number of carbonyl (C=O) groups excluding carboxylic acids is 1. The summed E-state index contributed by atoms with van der Waals surface area (Å²) in [5.41, 5.74) is 5.87. The van der Waals surface area contributed by atoms with Gasteiger partial charge in [0.15, 0.2) is 0 Å². The van der Waals surface area contributed by atoms with Crippen LogP contribution in [0.2, 0.25) is 5.02 Å². The van der Waals surface area contributed by atoms with Crippen molar-refractivity contribution in [1.29, 1.82) is 0 Å². The minimum Gasteiger partial charge on any atom is -0.311 e. The zero-order chi connectivity index (χ0) is 20.8. The molecule has 5 rings (SSSR count). The predicted molar refractivity (Wildman–Crippen MR) is 120 cm³/mol. The third kappa shape index (κ3) is 2.99. The van der Waals surface area contributed by atoms with E-state index >= 15 is 0 Å². The molecule has 3 aromatic rings. The van der Waals surface area contributed by atoms with Gasteiger partial charge in [0.1, 0.15) is 17.8 Å². The number of urea groups is 1. The van der Waals surface area contributed by atoms with Crippen LogP contribution in [0.4, 0.5) is 10.5 Å². The number of halogens is 1. The van der Waals surface area contributed by atoms with Crippen LogP contribution in [0.1, 0.15) is 34.0 Å². The summed E-state index contributed by atoms with van der Waals surface area (Å²) in [5.74, 6) is 1.38. The summed E-state index contributed by atoms with van der Waals surface area (Å²) in [5, 5.41) is 3.62. The van der Waals surface area contributed by atoms with Crippen LogP contribution in [-0.2, 0) is 0 Å². The number of benzene rings is 3. The van der Waals surface area contributed by atoms with E-state index in [9.17, 15) is 4.79 Å². The maximum absolute atomic E-state index is 12.4. The number of nitrogens with zero attached hydrogens (tertiary/aromatic N) is 3. The molecule has 0 aromatic heterocycles. The number of hydrogen-bond donors (Lipinski definition) is 1. The molecule has 0 saturated heterocycles. The Morgan fingerprint density at radius 1 is 0.933 bits per heavy atom. The van der Waals surface area contributed by atoms with Crippen LogP contribution in [0.5, 0.6) is 0 Å². The van der Waals surface area contributed by atoms with E-state index < -0.39 is 6.17 Å². The molecule has 5 nitrogen and oxygen atoms in total. The minimum atomic E-state index is -0.433. The number of fused-ring (bicyclic) bond motifs is 3. The Kier molecular flexibility index (Phi) is 4.40. The number of nitrogens with one attached hydrogen (secondary N) is 1. The molecule has 0 saturated carbocycles. The van der Waals surface area contributed by atoms with Crippen molar-refractivity contribution in [1.82, 2.24) is 10.2 Å². The van der Waals surface area contributed by atoms with E-state index in [-0.39, 0.29) is 6.03 Å². The van der Waals surface area contributed by atoms with Crippen molar-refractivity contribution in [3.05, 3.63) is 99.6 Å². The Morgan fingerprint density at radius 3 is 2.30 bits per heavy atom. The molecule has 2 amide bonds. The Bertz CT molecular complexity index is 1210. The van der Waals surface area contributed by atoms with Gasteiger partial charge in [0.05, 0.1) is 5.69 Å². The second-order valence-corrected chi connectivity index (χ2v) is 7.87. The van der Waals surface area contributed by atoms with Crippen LogP contribution in [-0.4, -0.2) is 22.6 Å². The van der Waals surface area contributed by atoms with Gasteiger partial charge in [0.25, 0.3) is 0 Å². The first-order chi connectivity index (χ1) is 14.5. The predicted octanol–water partition coefficient (Wildman–Crippen LogP) is 5.52. The fourth-order valence-electron chi connectivity index (χ4n) is 3.98. The van der Waals surface area contributed by atoms with Crippen molar-refractivity contribution < 1.29 is 4.79 Å². The van der Waals surface area contributed by atoms with Gasteiger partial charge in [-0.05, 0) is 42.7 Å². The third-order valence-electron chi connectivity index (χ3n) is 5.43. The molecule has 1 N–H and O–H groups in total. The number of rotatable bonds is 2. The highest BCUT2D eigenvalue weighted by Gasteiger charge is 2.41. The number of hydrogen-bond acceptors (Lipinski definition) is 2. The maximum atomic E-state index is 12.4. The van der Waals surface area contributed by atoms with Crippen molar-refractivity contribution in [3.8, 4) is 0 Å². The minimum absolute atomic E-state index is 0.371. The summed E-state index contributed by atoms with van der Waals surface area (Å²) in [6.45, 7) is 4.10. The SMILES string of the molecule is Cc1cccc(C)c1N=C1c2ccccc2C2=NC(=O)NC(c3ccc(Cl)cc3)N21. The molecule has 0 radical (unpaired) electrons. The van der Waals surface area contributed by atoms with Gasteiger partial charge in [-0.25, -0.2) is 9.79 Å². The molecule has 0 aliphatic carbocycles. The van der Waals surface area contributed by atoms with Crippen LogP contribution in [0, 0.1) is 13.8 Å². The van der Waals surface area contributed by atoms with Crippen molar-refractivity contribution in [3.63, 3.8) is 0 Å². The van der Waals surface area contributed by atoms with Crippen LogP contribution >= 0.6 is 11.6 Å². The lowest BCUT2D eigenvalue weighted by Crippen LogP contribution is -2.48. The summed E-state index contributed by atoms with van der Waals surface area (Å²) < 4.78 is 0. The zero-order valence-corrected chi connectivity index (χ0v) is 17.3. The van der Waals surface area contributed by atoms with E-state index in [1.54, 1.807) is 0 Å². The quantitative estimate of drug-likeness (QED) is 0.600. The number of para-hydroxylation sites is 1. The lowest BCUT2D eigenvalue weighted by molar-refractivity contribution is 0.234. The van der Waals surface area contributed by atoms with Gasteiger partial charge in [-0.15, -0.1) is 0 Å². The molecule has 3 aromatic carbocycles. The van der Waals surface area contributed by atoms with Gasteiger partial charge in [-0.3, -0.25) is 4.90 Å². The van der Waals surface area contributed by atoms with Gasteiger partial charge >= 0.3 is 6.03 Å². The topological polar surface area (TPSA) is 57.1 Å². The van der Waals surface area contributed by atoms with Gasteiger partial charge in [0.2, 0.25) is 0 Å². The van der Waals surface area contributed by atoms with Crippen molar-refractivity contribution in [2.45, 2.75) is 20.0 Å². The summed E-state index contributed by atoms with van der Waals surface area (Å²) in [6.07, 6.45) is -0.433. The lowest BCUT2D eigenvalue weighted by Gasteiger charge is -2.33. The average Bonchev–Trinajstić information content (AvgIpc) is 3.04.